The van der Waals surface area contributed by atoms with E-state index in [1.807, 2.05) is 0 Å². The van der Waals surface area contributed by atoms with Gasteiger partial charge in [-0.15, -0.1) is 0 Å². The van der Waals surface area contributed by atoms with Crippen molar-refractivity contribution >= 4 is 6.47 Å². The van der Waals surface area contributed by atoms with Crippen molar-refractivity contribution in [3.8, 4) is 0 Å². The van der Waals surface area contributed by atoms with E-state index in [1.165, 1.54) is 6.61 Å². The highest BCUT2D eigenvalue weighted by Crippen LogP contribution is 1.98. The zero-order chi connectivity index (χ0) is 7.94. The van der Waals surface area contributed by atoms with Crippen LogP contribution in [0.5, 0.6) is 0 Å². The van der Waals surface area contributed by atoms with Gasteiger partial charge in [-0.3, -0.25) is 10.1 Å². The van der Waals surface area contributed by atoms with Crippen molar-refractivity contribution in [2.45, 2.75) is 6.41 Å². The van der Waals surface area contributed by atoms with Crippen molar-refractivity contribution in [2.75, 3.05) is 19.8 Å². The predicted molar refractivity (Wildman–Crippen MR) is 35.1 cm³/mol. The van der Waals surface area contributed by atoms with Gasteiger partial charge in [0.25, 0.3) is 6.47 Å². The van der Waals surface area contributed by atoms with E-state index in [0.29, 0.717) is 13.1 Å². The molecule has 0 saturated carbocycles. The molecular weight excluding hydrogens is 150 g/mol. The van der Waals surface area contributed by atoms with Crippen molar-refractivity contribution in [1.29, 1.82) is 0 Å². The van der Waals surface area contributed by atoms with Crippen molar-refractivity contribution < 1.29 is 19.0 Å². The topological polar surface area (TPSA) is 56.8 Å². The van der Waals surface area contributed by atoms with E-state index in [1.54, 1.807) is 0 Å². The molecule has 1 atom stereocenters. The minimum absolute atomic E-state index is 0.144. The van der Waals surface area contributed by atoms with Crippen molar-refractivity contribution in [3.05, 3.63) is 6.61 Å². The first-order valence-corrected chi connectivity index (χ1v) is 3.31. The molecule has 1 radical (unpaired) electrons. The molecule has 1 aliphatic heterocycles. The Kier molecular flexibility index (Phi) is 3.89. The summed E-state index contributed by atoms with van der Waals surface area (Å²) in [6, 6.07) is 0. The Morgan fingerprint density at radius 2 is 2.64 bits per heavy atom. The summed E-state index contributed by atoms with van der Waals surface area (Å²) in [6.45, 7) is 3.31. The maximum atomic E-state index is 9.66. The Morgan fingerprint density at radius 1 is 1.73 bits per heavy atom. The Labute approximate surface area is 64.6 Å². The van der Waals surface area contributed by atoms with Crippen molar-refractivity contribution in [1.82, 2.24) is 5.32 Å². The first kappa shape index (κ1) is 8.45. The highest BCUT2D eigenvalue weighted by molar-refractivity contribution is 5.36. The third kappa shape index (κ3) is 3.31. The van der Waals surface area contributed by atoms with E-state index in [-0.39, 0.29) is 13.0 Å². The quantitative estimate of drug-likeness (QED) is 0.423. The summed E-state index contributed by atoms with van der Waals surface area (Å²) in [4.78, 5) is 9.66. The zero-order valence-electron chi connectivity index (χ0n) is 5.99. The molecule has 5 heteroatoms. The van der Waals surface area contributed by atoms with Crippen LogP contribution in [0.1, 0.15) is 0 Å². The lowest BCUT2D eigenvalue weighted by atomic mass is 10.7. The van der Waals surface area contributed by atoms with Crippen molar-refractivity contribution in [3.63, 3.8) is 0 Å². The first-order chi connectivity index (χ1) is 5.43. The Hall–Kier alpha value is -0.650. The number of carbonyl (C=O) groups is 1. The minimum atomic E-state index is -0.384. The van der Waals surface area contributed by atoms with E-state index in [0.717, 1.165) is 6.54 Å². The SMILES string of the molecule is O=COC[CH]OC1NCCO1. The monoisotopic (exact) mass is 160 g/mol. The van der Waals surface area contributed by atoms with Crippen LogP contribution in [-0.2, 0) is 19.0 Å². The van der Waals surface area contributed by atoms with E-state index in [2.05, 4.69) is 10.1 Å². The van der Waals surface area contributed by atoms with Crippen LogP contribution in [0.4, 0.5) is 0 Å². The maximum Gasteiger partial charge on any atom is 0.293 e. The molecule has 0 aromatic carbocycles. The molecular formula is C6H10NO4. The van der Waals surface area contributed by atoms with Crippen LogP contribution in [0.2, 0.25) is 0 Å². The third-order valence-electron chi connectivity index (χ3n) is 1.13. The molecule has 1 unspecified atom stereocenters. The van der Waals surface area contributed by atoms with Crippen LogP contribution in [-0.4, -0.2) is 32.6 Å². The number of hydrogen-bond acceptors (Lipinski definition) is 5. The Bertz CT molecular complexity index is 113. The van der Waals surface area contributed by atoms with Gasteiger partial charge in [-0.1, -0.05) is 0 Å². The van der Waals surface area contributed by atoms with E-state index in [9.17, 15) is 4.79 Å². The number of carbonyl (C=O) groups excluding carboxylic acids is 1. The van der Waals surface area contributed by atoms with Crippen molar-refractivity contribution in [2.24, 2.45) is 0 Å². The molecule has 0 aromatic rings. The summed E-state index contributed by atoms with van der Waals surface area (Å²) >= 11 is 0. The van der Waals surface area contributed by atoms with E-state index in [4.69, 9.17) is 9.47 Å². The molecule has 0 amide bonds. The smallest absolute Gasteiger partial charge is 0.293 e. The van der Waals surface area contributed by atoms with Gasteiger partial charge in [0.1, 0.15) is 13.2 Å². The molecule has 0 spiro atoms. The van der Waals surface area contributed by atoms with Crippen LogP contribution in [0.15, 0.2) is 0 Å². The average Bonchev–Trinajstić information content (AvgIpc) is 2.50. The number of nitrogens with one attached hydrogen (secondary N) is 1. The zero-order valence-corrected chi connectivity index (χ0v) is 5.99. The minimum Gasteiger partial charge on any atom is -0.465 e. The Balaban J connectivity index is 1.89. The summed E-state index contributed by atoms with van der Waals surface area (Å²) in [5.41, 5.74) is 0. The van der Waals surface area contributed by atoms with Gasteiger partial charge in [0.2, 0.25) is 6.41 Å². The molecule has 0 bridgehead atoms. The van der Waals surface area contributed by atoms with E-state index >= 15 is 0 Å². The summed E-state index contributed by atoms with van der Waals surface area (Å²) < 4.78 is 14.3. The van der Waals surface area contributed by atoms with Crippen LogP contribution in [0.25, 0.3) is 0 Å². The molecule has 5 nitrogen and oxygen atoms in total. The molecule has 1 fully saturated rings. The average molecular weight is 160 g/mol. The summed E-state index contributed by atoms with van der Waals surface area (Å²) in [5, 5.41) is 2.91. The molecule has 1 N–H and O–H groups in total. The number of ether oxygens (including phenoxy) is 3. The fraction of sp³-hybridized carbons (Fsp3) is 0.667. The second kappa shape index (κ2) is 5.06. The molecule has 1 rings (SSSR count). The van der Waals surface area contributed by atoms with Gasteiger partial charge in [-0.05, 0) is 0 Å². The lowest BCUT2D eigenvalue weighted by Crippen LogP contribution is -2.25. The van der Waals surface area contributed by atoms with Gasteiger partial charge in [-0.2, -0.15) is 0 Å². The highest BCUT2D eigenvalue weighted by atomic mass is 16.7. The fourth-order valence-electron chi connectivity index (χ4n) is 0.694. The van der Waals surface area contributed by atoms with Gasteiger partial charge in [0.15, 0.2) is 0 Å². The van der Waals surface area contributed by atoms with Crippen LogP contribution in [0.3, 0.4) is 0 Å². The summed E-state index contributed by atoms with van der Waals surface area (Å²) in [6.07, 6.45) is -0.384. The largest absolute Gasteiger partial charge is 0.465 e. The van der Waals surface area contributed by atoms with E-state index < -0.39 is 0 Å². The standard InChI is InChI=1S/C6H10NO4/c8-5-9-3-4-11-6-7-1-2-10-6/h4-7H,1-3H2. The molecule has 63 valence electrons. The summed E-state index contributed by atoms with van der Waals surface area (Å²) in [7, 11) is 0. The highest BCUT2D eigenvalue weighted by Gasteiger charge is 2.13. The van der Waals surface area contributed by atoms with Gasteiger partial charge < -0.3 is 14.2 Å². The molecule has 0 aromatic heterocycles. The van der Waals surface area contributed by atoms with Crippen LogP contribution >= 0.6 is 0 Å². The van der Waals surface area contributed by atoms with Crippen LogP contribution < -0.4 is 5.32 Å². The number of rotatable bonds is 5. The van der Waals surface area contributed by atoms with Gasteiger partial charge in [-0.25, -0.2) is 0 Å². The summed E-state index contributed by atoms with van der Waals surface area (Å²) in [5.74, 6) is 0. The first-order valence-electron chi connectivity index (χ1n) is 3.31. The van der Waals surface area contributed by atoms with Crippen LogP contribution in [0, 0.1) is 6.61 Å². The molecule has 1 aliphatic rings. The second-order valence-corrected chi connectivity index (χ2v) is 1.89. The van der Waals surface area contributed by atoms with Gasteiger partial charge in [0.05, 0.1) is 6.61 Å². The molecule has 1 heterocycles. The van der Waals surface area contributed by atoms with Gasteiger partial charge >= 0.3 is 0 Å². The fourth-order valence-corrected chi connectivity index (χ4v) is 0.694. The Morgan fingerprint density at radius 3 is 3.27 bits per heavy atom. The predicted octanol–water partition coefficient (Wildman–Crippen LogP) is -0.759. The molecule has 0 aliphatic carbocycles. The second-order valence-electron chi connectivity index (χ2n) is 1.89. The third-order valence-corrected chi connectivity index (χ3v) is 1.13. The maximum absolute atomic E-state index is 9.66. The van der Waals surface area contributed by atoms with Gasteiger partial charge in [0, 0.05) is 6.54 Å². The normalized spacial score (nSPS) is 23.5. The lowest BCUT2D eigenvalue weighted by molar-refractivity contribution is -0.134. The molecule has 1 saturated heterocycles. The lowest BCUT2D eigenvalue weighted by Gasteiger charge is -2.08. The molecule has 11 heavy (non-hydrogen) atoms. The number of hydrogen-bond donors (Lipinski definition) is 1.